The molecule has 1 saturated heterocycles. The summed E-state index contributed by atoms with van der Waals surface area (Å²) in [4.78, 5) is 31.5. The molecule has 0 spiro atoms. The van der Waals surface area contributed by atoms with Gasteiger partial charge in [0, 0.05) is 55.9 Å². The summed E-state index contributed by atoms with van der Waals surface area (Å²) in [5.41, 5.74) is 3.25. The summed E-state index contributed by atoms with van der Waals surface area (Å²) in [5, 5.41) is 10.8. The summed E-state index contributed by atoms with van der Waals surface area (Å²) in [6.45, 7) is 4.50. The second-order valence-corrected chi connectivity index (χ2v) is 6.57. The van der Waals surface area contributed by atoms with Gasteiger partial charge in [-0.2, -0.15) is 0 Å². The number of aromatic nitrogens is 2. The molecule has 1 aliphatic heterocycles. The minimum Gasteiger partial charge on any atom is -0.368 e. The molecule has 0 N–H and O–H groups in total. The lowest BCUT2D eigenvalue weighted by Crippen LogP contribution is -2.48. The van der Waals surface area contributed by atoms with Gasteiger partial charge in [-0.15, -0.1) is 0 Å². The number of anilines is 1. The molecule has 1 aliphatic rings. The van der Waals surface area contributed by atoms with Crippen LogP contribution in [-0.4, -0.2) is 51.3 Å². The molecule has 0 radical (unpaired) electrons. The molecule has 27 heavy (non-hydrogen) atoms. The molecule has 2 aromatic heterocycles. The molecule has 138 valence electrons. The number of pyridine rings is 1. The molecule has 3 aromatic rings. The van der Waals surface area contributed by atoms with Crippen molar-refractivity contribution in [3.63, 3.8) is 0 Å². The van der Waals surface area contributed by atoms with Crippen molar-refractivity contribution in [1.29, 1.82) is 0 Å². The van der Waals surface area contributed by atoms with Crippen molar-refractivity contribution in [2.45, 2.75) is 6.92 Å². The fourth-order valence-corrected chi connectivity index (χ4v) is 3.37. The number of hydrogen-bond donors (Lipinski definition) is 0. The summed E-state index contributed by atoms with van der Waals surface area (Å²) in [6, 6.07) is 12.3. The van der Waals surface area contributed by atoms with Crippen molar-refractivity contribution in [3.05, 3.63) is 70.2 Å². The Morgan fingerprint density at radius 1 is 1.07 bits per heavy atom. The van der Waals surface area contributed by atoms with Crippen LogP contribution in [0.2, 0.25) is 0 Å². The average molecular weight is 365 g/mol. The zero-order valence-corrected chi connectivity index (χ0v) is 14.9. The number of benzene rings is 1. The fraction of sp³-hybridized carbons (Fsp3) is 0.263. The van der Waals surface area contributed by atoms with E-state index in [1.165, 1.54) is 12.1 Å². The van der Waals surface area contributed by atoms with E-state index in [9.17, 15) is 14.9 Å². The summed E-state index contributed by atoms with van der Waals surface area (Å²) in [5.74, 6) is -0.0681. The first-order valence-electron chi connectivity index (χ1n) is 8.76. The monoisotopic (exact) mass is 365 g/mol. The normalized spacial score (nSPS) is 14.6. The Bertz CT molecular complexity index is 1000. The van der Waals surface area contributed by atoms with Gasteiger partial charge < -0.3 is 14.2 Å². The Balaban J connectivity index is 1.44. The second kappa shape index (κ2) is 6.71. The van der Waals surface area contributed by atoms with Gasteiger partial charge in [-0.25, -0.2) is 4.98 Å². The minimum absolute atomic E-state index is 0.0681. The van der Waals surface area contributed by atoms with Gasteiger partial charge in [-0.05, 0) is 31.2 Å². The number of fused-ring (bicyclic) bond motifs is 1. The molecular formula is C19H19N5O3. The first-order valence-corrected chi connectivity index (χ1v) is 8.76. The largest absolute Gasteiger partial charge is 0.368 e. The smallest absolute Gasteiger partial charge is 0.274 e. The minimum atomic E-state index is -0.406. The molecule has 0 unspecified atom stereocenters. The van der Waals surface area contributed by atoms with E-state index in [0.717, 1.165) is 17.0 Å². The topological polar surface area (TPSA) is 84.0 Å². The number of nitro groups is 1. The molecule has 3 heterocycles. The van der Waals surface area contributed by atoms with Crippen LogP contribution in [0.1, 0.15) is 16.2 Å². The Labute approximate surface area is 155 Å². The standard InChI is InChI=1S/C19H19N5O3/c1-14-3-2-4-18-20-17(13-23(14)18)19(25)22-11-9-21(10-12-22)15-5-7-16(8-6-15)24(26)27/h2-8,13H,9-12H2,1H3. The third kappa shape index (κ3) is 3.21. The van der Waals surface area contributed by atoms with Gasteiger partial charge in [0.15, 0.2) is 0 Å². The van der Waals surface area contributed by atoms with Crippen LogP contribution in [0.4, 0.5) is 11.4 Å². The zero-order valence-electron chi connectivity index (χ0n) is 14.9. The molecule has 0 bridgehead atoms. The SMILES string of the molecule is Cc1cccc2nc(C(=O)N3CCN(c4ccc([N+](=O)[O-])cc4)CC3)cn12. The molecule has 4 rings (SSSR count). The molecule has 8 nitrogen and oxygen atoms in total. The number of nitro benzene ring substituents is 1. The van der Waals surface area contributed by atoms with E-state index in [4.69, 9.17) is 0 Å². The van der Waals surface area contributed by atoms with Crippen LogP contribution >= 0.6 is 0 Å². The molecule has 0 aliphatic carbocycles. The molecule has 1 amide bonds. The maximum absolute atomic E-state index is 12.8. The van der Waals surface area contributed by atoms with Gasteiger partial charge in [-0.3, -0.25) is 14.9 Å². The van der Waals surface area contributed by atoms with Crippen LogP contribution in [-0.2, 0) is 0 Å². The van der Waals surface area contributed by atoms with Crippen LogP contribution in [0.5, 0.6) is 0 Å². The van der Waals surface area contributed by atoms with Crippen molar-refractivity contribution in [3.8, 4) is 0 Å². The zero-order chi connectivity index (χ0) is 19.0. The number of piperazine rings is 1. The predicted molar refractivity (Wildman–Crippen MR) is 101 cm³/mol. The third-order valence-electron chi connectivity index (χ3n) is 4.91. The quantitative estimate of drug-likeness (QED) is 0.526. The summed E-state index contributed by atoms with van der Waals surface area (Å²) in [6.07, 6.45) is 1.79. The molecule has 1 aromatic carbocycles. The van der Waals surface area contributed by atoms with E-state index in [1.807, 2.05) is 29.5 Å². The van der Waals surface area contributed by atoms with Gasteiger partial charge in [0.2, 0.25) is 0 Å². The van der Waals surface area contributed by atoms with Gasteiger partial charge in [0.25, 0.3) is 11.6 Å². The Morgan fingerprint density at radius 2 is 1.78 bits per heavy atom. The maximum Gasteiger partial charge on any atom is 0.274 e. The van der Waals surface area contributed by atoms with E-state index in [-0.39, 0.29) is 11.6 Å². The van der Waals surface area contributed by atoms with Crippen molar-refractivity contribution >= 4 is 22.9 Å². The van der Waals surface area contributed by atoms with Crippen LogP contribution < -0.4 is 4.90 Å². The number of rotatable bonds is 3. The Hall–Kier alpha value is -3.42. The Kier molecular flexibility index (Phi) is 4.23. The molecule has 0 saturated carbocycles. The summed E-state index contributed by atoms with van der Waals surface area (Å²) >= 11 is 0. The van der Waals surface area contributed by atoms with Crippen molar-refractivity contribution in [2.24, 2.45) is 0 Å². The van der Waals surface area contributed by atoms with Crippen LogP contribution in [0.3, 0.4) is 0 Å². The van der Waals surface area contributed by atoms with Crippen LogP contribution in [0.25, 0.3) is 5.65 Å². The van der Waals surface area contributed by atoms with Crippen molar-refractivity contribution in [1.82, 2.24) is 14.3 Å². The lowest BCUT2D eigenvalue weighted by atomic mass is 10.2. The highest BCUT2D eigenvalue weighted by molar-refractivity contribution is 5.93. The number of imidazole rings is 1. The number of hydrogen-bond acceptors (Lipinski definition) is 5. The maximum atomic E-state index is 12.8. The number of nitrogens with zero attached hydrogens (tertiary/aromatic N) is 5. The number of non-ortho nitro benzene ring substituents is 1. The first kappa shape index (κ1) is 17.0. The second-order valence-electron chi connectivity index (χ2n) is 6.57. The number of carbonyl (C=O) groups excluding carboxylic acids is 1. The third-order valence-corrected chi connectivity index (χ3v) is 4.91. The van der Waals surface area contributed by atoms with Gasteiger partial charge in [0.05, 0.1) is 4.92 Å². The number of amides is 1. The van der Waals surface area contributed by atoms with Crippen molar-refractivity contribution in [2.75, 3.05) is 31.1 Å². The highest BCUT2D eigenvalue weighted by Crippen LogP contribution is 2.21. The van der Waals surface area contributed by atoms with E-state index >= 15 is 0 Å². The van der Waals surface area contributed by atoms with E-state index in [0.29, 0.717) is 31.9 Å². The van der Waals surface area contributed by atoms with Gasteiger partial charge in [0.1, 0.15) is 11.3 Å². The highest BCUT2D eigenvalue weighted by atomic mass is 16.6. The highest BCUT2D eigenvalue weighted by Gasteiger charge is 2.24. The molecule has 1 fully saturated rings. The van der Waals surface area contributed by atoms with Crippen molar-refractivity contribution < 1.29 is 9.72 Å². The molecule has 0 atom stereocenters. The van der Waals surface area contributed by atoms with Crippen LogP contribution in [0, 0.1) is 17.0 Å². The van der Waals surface area contributed by atoms with E-state index < -0.39 is 4.92 Å². The van der Waals surface area contributed by atoms with Gasteiger partial charge in [-0.1, -0.05) is 6.07 Å². The van der Waals surface area contributed by atoms with E-state index in [2.05, 4.69) is 9.88 Å². The first-order chi connectivity index (χ1) is 13.0. The lowest BCUT2D eigenvalue weighted by Gasteiger charge is -2.35. The molecule has 8 heteroatoms. The fourth-order valence-electron chi connectivity index (χ4n) is 3.37. The van der Waals surface area contributed by atoms with Crippen LogP contribution in [0.15, 0.2) is 48.7 Å². The number of carbonyl (C=O) groups is 1. The lowest BCUT2D eigenvalue weighted by molar-refractivity contribution is -0.384. The Morgan fingerprint density at radius 3 is 2.41 bits per heavy atom. The van der Waals surface area contributed by atoms with E-state index in [1.54, 1.807) is 23.2 Å². The number of aryl methyl sites for hydroxylation is 1. The summed E-state index contributed by atoms with van der Waals surface area (Å²) < 4.78 is 1.92. The predicted octanol–water partition coefficient (Wildman–Crippen LogP) is 2.51. The van der Waals surface area contributed by atoms with Gasteiger partial charge >= 0.3 is 0 Å². The molecular weight excluding hydrogens is 346 g/mol. The summed E-state index contributed by atoms with van der Waals surface area (Å²) in [7, 11) is 0. The average Bonchev–Trinajstić information content (AvgIpc) is 3.13.